The monoisotopic (exact) mass is 414 g/mol. The van der Waals surface area contributed by atoms with Crippen molar-refractivity contribution in [2.75, 3.05) is 10.6 Å². The number of carbonyl (C=O) groups excluding carboxylic acids is 2. The number of fused-ring (bicyclic) bond motifs is 1. The fourth-order valence-electron chi connectivity index (χ4n) is 3.92. The molecule has 4 rings (SSSR count). The summed E-state index contributed by atoms with van der Waals surface area (Å²) in [6.07, 6.45) is 1.30. The topological polar surface area (TPSA) is 102 Å². The van der Waals surface area contributed by atoms with Crippen molar-refractivity contribution in [2.24, 2.45) is 0 Å². The van der Waals surface area contributed by atoms with E-state index in [4.69, 9.17) is 4.74 Å². The number of amides is 2. The second kappa shape index (κ2) is 7.18. The summed E-state index contributed by atoms with van der Waals surface area (Å²) < 4.78 is 30.7. The molecule has 2 aromatic rings. The van der Waals surface area contributed by atoms with Gasteiger partial charge >= 0.3 is 0 Å². The van der Waals surface area contributed by atoms with Crippen molar-refractivity contribution in [1.82, 2.24) is 0 Å². The van der Waals surface area contributed by atoms with E-state index in [1.807, 2.05) is 0 Å². The first-order chi connectivity index (χ1) is 13.8. The zero-order chi connectivity index (χ0) is 20.6. The molecular formula is C21H22N2O5S. The summed E-state index contributed by atoms with van der Waals surface area (Å²) >= 11 is 0. The first-order valence-electron chi connectivity index (χ1n) is 9.56. The van der Waals surface area contributed by atoms with E-state index in [1.165, 1.54) is 12.1 Å². The van der Waals surface area contributed by atoms with E-state index < -0.39 is 26.6 Å². The van der Waals surface area contributed by atoms with Gasteiger partial charge in [-0.2, -0.15) is 0 Å². The molecule has 0 bridgehead atoms. The number of carbonyl (C=O) groups is 2. The largest absolute Gasteiger partial charge is 0.479 e. The van der Waals surface area contributed by atoms with Gasteiger partial charge in [0.2, 0.25) is 5.91 Å². The Morgan fingerprint density at radius 3 is 2.52 bits per heavy atom. The maximum atomic E-state index is 13.4. The molecule has 2 aliphatic rings. The standard InChI is InChI=1S/C21H22N2O5S/c1-14-19(24)23-17-13-15(9-10-18(17)28-14)22-20(25)21(11-5-6-12-21)29(26,27)16-7-3-2-4-8-16/h2-4,7-10,13-14H,5-6,11-12H2,1H3,(H,22,25)(H,23,24). The average Bonchev–Trinajstić information content (AvgIpc) is 3.22. The third-order valence-electron chi connectivity index (χ3n) is 5.56. The van der Waals surface area contributed by atoms with E-state index in [0.29, 0.717) is 30.0 Å². The Morgan fingerprint density at radius 2 is 1.83 bits per heavy atom. The molecule has 29 heavy (non-hydrogen) atoms. The van der Waals surface area contributed by atoms with Crippen LogP contribution in [0.1, 0.15) is 32.6 Å². The predicted molar refractivity (Wildman–Crippen MR) is 109 cm³/mol. The Balaban J connectivity index is 1.64. The van der Waals surface area contributed by atoms with Gasteiger partial charge in [-0.25, -0.2) is 8.42 Å². The Hall–Kier alpha value is -2.87. The SMILES string of the molecule is CC1Oc2ccc(NC(=O)C3(S(=O)(=O)c4ccccc4)CCCC3)cc2NC1=O. The van der Waals surface area contributed by atoms with Gasteiger partial charge in [0, 0.05) is 5.69 Å². The third kappa shape index (κ3) is 3.27. The van der Waals surface area contributed by atoms with E-state index in [9.17, 15) is 18.0 Å². The molecule has 2 amide bonds. The van der Waals surface area contributed by atoms with Gasteiger partial charge in [-0.1, -0.05) is 31.0 Å². The van der Waals surface area contributed by atoms with Crippen LogP contribution in [-0.4, -0.2) is 31.1 Å². The predicted octanol–water partition coefficient (Wildman–Crippen LogP) is 3.13. The molecule has 1 aliphatic heterocycles. The molecule has 2 N–H and O–H groups in total. The van der Waals surface area contributed by atoms with Crippen molar-refractivity contribution in [3.8, 4) is 5.75 Å². The van der Waals surface area contributed by atoms with Crippen LogP contribution < -0.4 is 15.4 Å². The van der Waals surface area contributed by atoms with E-state index >= 15 is 0 Å². The summed E-state index contributed by atoms with van der Waals surface area (Å²) in [5, 5.41) is 5.48. The van der Waals surface area contributed by atoms with Crippen LogP contribution in [-0.2, 0) is 19.4 Å². The van der Waals surface area contributed by atoms with E-state index in [1.54, 1.807) is 43.3 Å². The highest BCUT2D eigenvalue weighted by molar-refractivity contribution is 7.93. The number of hydrogen-bond acceptors (Lipinski definition) is 5. The Labute approximate surface area is 169 Å². The lowest BCUT2D eigenvalue weighted by atomic mass is 10.1. The third-order valence-corrected chi connectivity index (χ3v) is 8.08. The van der Waals surface area contributed by atoms with Crippen LogP contribution in [0, 0.1) is 0 Å². The first-order valence-corrected chi connectivity index (χ1v) is 11.0. The van der Waals surface area contributed by atoms with E-state index in [0.717, 1.165) is 0 Å². The summed E-state index contributed by atoms with van der Waals surface area (Å²) in [5.74, 6) is -0.322. The number of benzene rings is 2. The van der Waals surface area contributed by atoms with Gasteiger partial charge in [0.15, 0.2) is 20.7 Å². The van der Waals surface area contributed by atoms with Crippen molar-refractivity contribution < 1.29 is 22.7 Å². The van der Waals surface area contributed by atoms with Crippen molar-refractivity contribution in [3.05, 3.63) is 48.5 Å². The molecule has 152 valence electrons. The number of rotatable bonds is 4. The Morgan fingerprint density at radius 1 is 1.14 bits per heavy atom. The van der Waals surface area contributed by atoms with Crippen LogP contribution >= 0.6 is 0 Å². The molecule has 1 saturated carbocycles. The lowest BCUT2D eigenvalue weighted by Crippen LogP contribution is -2.47. The maximum Gasteiger partial charge on any atom is 0.265 e. The highest BCUT2D eigenvalue weighted by Gasteiger charge is 2.53. The van der Waals surface area contributed by atoms with Crippen molar-refractivity contribution >= 4 is 33.0 Å². The van der Waals surface area contributed by atoms with Crippen LogP contribution in [0.2, 0.25) is 0 Å². The highest BCUT2D eigenvalue weighted by atomic mass is 32.2. The fraction of sp³-hybridized carbons (Fsp3) is 0.333. The summed E-state index contributed by atoms with van der Waals surface area (Å²) in [7, 11) is -3.86. The number of nitrogens with one attached hydrogen (secondary N) is 2. The number of sulfone groups is 1. The zero-order valence-electron chi connectivity index (χ0n) is 16.0. The van der Waals surface area contributed by atoms with Crippen molar-refractivity contribution in [1.29, 1.82) is 0 Å². The quantitative estimate of drug-likeness (QED) is 0.800. The van der Waals surface area contributed by atoms with E-state index in [-0.39, 0.29) is 23.6 Å². The summed E-state index contributed by atoms with van der Waals surface area (Å²) in [6.45, 7) is 1.65. The van der Waals surface area contributed by atoms with Gasteiger partial charge in [0.1, 0.15) is 5.75 Å². The molecule has 1 heterocycles. The molecule has 1 atom stereocenters. The van der Waals surface area contributed by atoms with Gasteiger partial charge < -0.3 is 15.4 Å². The van der Waals surface area contributed by atoms with Crippen molar-refractivity contribution in [3.63, 3.8) is 0 Å². The van der Waals surface area contributed by atoms with Gasteiger partial charge in [0.05, 0.1) is 10.6 Å². The van der Waals surface area contributed by atoms with Crippen LogP contribution in [0.25, 0.3) is 0 Å². The Bertz CT molecular complexity index is 1060. The molecule has 0 radical (unpaired) electrons. The van der Waals surface area contributed by atoms with Gasteiger partial charge in [0.25, 0.3) is 5.91 Å². The molecule has 1 fully saturated rings. The minimum absolute atomic E-state index is 0.150. The number of anilines is 2. The van der Waals surface area contributed by atoms with Crippen LogP contribution in [0.15, 0.2) is 53.4 Å². The average molecular weight is 414 g/mol. The molecule has 1 aliphatic carbocycles. The molecular weight excluding hydrogens is 392 g/mol. The van der Waals surface area contributed by atoms with Crippen molar-refractivity contribution in [2.45, 2.75) is 48.4 Å². The molecule has 7 nitrogen and oxygen atoms in total. The van der Waals surface area contributed by atoms with Gasteiger partial charge in [-0.15, -0.1) is 0 Å². The molecule has 8 heteroatoms. The summed E-state index contributed by atoms with van der Waals surface area (Å²) in [6, 6.07) is 13.0. The fourth-order valence-corrected chi connectivity index (χ4v) is 6.01. The smallest absolute Gasteiger partial charge is 0.265 e. The lowest BCUT2D eigenvalue weighted by molar-refractivity contribution is -0.122. The number of ether oxygens (including phenoxy) is 1. The molecule has 0 aromatic heterocycles. The first kappa shape index (κ1) is 19.4. The summed E-state index contributed by atoms with van der Waals surface area (Å²) in [4.78, 5) is 25.2. The molecule has 0 spiro atoms. The highest BCUT2D eigenvalue weighted by Crippen LogP contribution is 2.42. The number of hydrogen-bond donors (Lipinski definition) is 2. The maximum absolute atomic E-state index is 13.4. The molecule has 2 aromatic carbocycles. The van der Waals surface area contributed by atoms with Gasteiger partial charge in [-0.05, 0) is 50.1 Å². The van der Waals surface area contributed by atoms with Crippen LogP contribution in [0.5, 0.6) is 5.75 Å². The second-order valence-corrected chi connectivity index (χ2v) is 9.69. The molecule has 1 unspecified atom stereocenters. The normalized spacial score (nSPS) is 20.3. The Kier molecular flexibility index (Phi) is 4.82. The minimum Gasteiger partial charge on any atom is -0.479 e. The molecule has 0 saturated heterocycles. The zero-order valence-corrected chi connectivity index (χ0v) is 16.8. The summed E-state index contributed by atoms with van der Waals surface area (Å²) in [5.41, 5.74) is 0.846. The lowest BCUT2D eigenvalue weighted by Gasteiger charge is -2.28. The van der Waals surface area contributed by atoms with E-state index in [2.05, 4.69) is 10.6 Å². The second-order valence-electron chi connectivity index (χ2n) is 7.43. The van der Waals surface area contributed by atoms with Gasteiger partial charge in [-0.3, -0.25) is 9.59 Å². The van der Waals surface area contributed by atoms with Crippen LogP contribution in [0.4, 0.5) is 11.4 Å². The van der Waals surface area contributed by atoms with Crippen LogP contribution in [0.3, 0.4) is 0 Å². The minimum atomic E-state index is -3.86.